The van der Waals surface area contributed by atoms with Crippen molar-refractivity contribution < 1.29 is 22.8 Å². The normalized spacial score (nSPS) is 20.2. The van der Waals surface area contributed by atoms with Gasteiger partial charge in [-0.05, 0) is 72.6 Å². The molecular weight excluding hydrogens is 445 g/mol. The molecule has 2 nitrogen and oxygen atoms in total. The molecule has 0 heterocycles. The number of hydrogen-bond donors (Lipinski definition) is 0. The monoisotopic (exact) mass is 476 g/mol. The van der Waals surface area contributed by atoms with Crippen molar-refractivity contribution in [3.63, 3.8) is 0 Å². The van der Waals surface area contributed by atoms with Crippen LogP contribution in [0.1, 0.15) is 67.3 Å². The van der Waals surface area contributed by atoms with E-state index in [0.717, 1.165) is 52.1 Å². The van der Waals surface area contributed by atoms with E-state index in [9.17, 15) is 22.8 Å². The van der Waals surface area contributed by atoms with Crippen molar-refractivity contribution in [3.05, 3.63) is 64.2 Å². The zero-order chi connectivity index (χ0) is 24.3. The molecule has 0 spiro atoms. The fraction of sp³-hybridized carbons (Fsp3) is 0.481. The molecule has 0 amide bonds. The summed E-state index contributed by atoms with van der Waals surface area (Å²) < 4.78 is 38.2. The van der Waals surface area contributed by atoms with Gasteiger partial charge in [0.05, 0.1) is 5.56 Å². The van der Waals surface area contributed by atoms with Crippen molar-refractivity contribution in [3.8, 4) is 0 Å². The van der Waals surface area contributed by atoms with E-state index in [-0.39, 0.29) is 23.4 Å². The van der Waals surface area contributed by atoms with E-state index in [2.05, 4.69) is 26.0 Å². The molecule has 1 atom stereocenters. The topological polar surface area (TPSA) is 34.1 Å². The number of alkyl halides is 3. The van der Waals surface area contributed by atoms with E-state index in [1.165, 1.54) is 23.9 Å². The first kappa shape index (κ1) is 25.5. The Morgan fingerprint density at radius 3 is 1.94 bits per heavy atom. The second-order valence-corrected chi connectivity index (χ2v) is 10.1. The minimum absolute atomic E-state index is 0.00381. The number of carbonyl (C=O) groups excluding carboxylic acids is 2. The smallest absolute Gasteiger partial charge is 0.299 e. The second kappa shape index (κ2) is 10.5. The van der Waals surface area contributed by atoms with Gasteiger partial charge in [-0.1, -0.05) is 38.5 Å². The highest BCUT2D eigenvalue weighted by Crippen LogP contribution is 2.39. The lowest BCUT2D eigenvalue weighted by Gasteiger charge is -2.32. The maximum atomic E-state index is 13.2. The Morgan fingerprint density at radius 2 is 1.48 bits per heavy atom. The summed E-state index contributed by atoms with van der Waals surface area (Å²) in [4.78, 5) is 27.2. The van der Waals surface area contributed by atoms with Crippen LogP contribution in [-0.4, -0.2) is 17.3 Å². The Kier molecular flexibility index (Phi) is 8.09. The van der Waals surface area contributed by atoms with E-state index < -0.39 is 17.7 Å². The third-order valence-corrected chi connectivity index (χ3v) is 7.91. The van der Waals surface area contributed by atoms with Gasteiger partial charge in [-0.3, -0.25) is 9.59 Å². The molecule has 1 saturated carbocycles. The van der Waals surface area contributed by atoms with Crippen LogP contribution in [0.5, 0.6) is 0 Å². The summed E-state index contributed by atoms with van der Waals surface area (Å²) in [6.45, 7) is 8.17. The van der Waals surface area contributed by atoms with E-state index in [1.54, 1.807) is 0 Å². The average molecular weight is 477 g/mol. The lowest BCUT2D eigenvalue weighted by Crippen LogP contribution is -2.35. The maximum Gasteiger partial charge on any atom is 0.416 e. The Morgan fingerprint density at radius 1 is 0.970 bits per heavy atom. The fourth-order valence-corrected chi connectivity index (χ4v) is 5.80. The first-order chi connectivity index (χ1) is 15.5. The van der Waals surface area contributed by atoms with E-state index >= 15 is 0 Å². The van der Waals surface area contributed by atoms with Crippen molar-refractivity contribution >= 4 is 23.3 Å². The van der Waals surface area contributed by atoms with Crippen LogP contribution in [0, 0.1) is 18.8 Å². The summed E-state index contributed by atoms with van der Waals surface area (Å²) in [7, 11) is 0. The van der Waals surface area contributed by atoms with Crippen molar-refractivity contribution in [2.24, 2.45) is 11.8 Å². The summed E-state index contributed by atoms with van der Waals surface area (Å²) in [5.74, 6) is 0.0317. The van der Waals surface area contributed by atoms with Gasteiger partial charge in [-0.25, -0.2) is 0 Å². The molecule has 178 valence electrons. The summed E-state index contributed by atoms with van der Waals surface area (Å²) in [5, 5.41) is 0. The molecule has 33 heavy (non-hydrogen) atoms. The molecule has 2 aromatic carbocycles. The Balaban J connectivity index is 1.69. The number of benzene rings is 2. The third-order valence-electron chi connectivity index (χ3n) is 6.62. The maximum absolute atomic E-state index is 13.2. The molecular formula is C27H31F3O2S. The SMILES string of the molecule is CCc1cc(C)cc(CC)c1C1C(=O)CC(C(C)CSc2ccc(C(F)(F)F)cc2)CC1=O. The molecule has 1 unspecified atom stereocenters. The standard InChI is InChI=1S/C27H31F3O2S/c1-5-18-11-16(3)12-19(6-2)25(18)26-23(31)13-20(14-24(26)32)17(4)15-33-22-9-7-21(8-10-22)27(28,29)30/h7-12,17,20,26H,5-6,13-15H2,1-4H3. The van der Waals surface area contributed by atoms with Gasteiger partial charge in [0.1, 0.15) is 17.5 Å². The molecule has 3 rings (SSSR count). The first-order valence-corrected chi connectivity index (χ1v) is 12.5. The number of rotatable bonds is 7. The number of Topliss-reactive ketones (excluding diaryl/α,β-unsaturated/α-hetero) is 2. The molecule has 0 aromatic heterocycles. The average Bonchev–Trinajstić information content (AvgIpc) is 2.76. The van der Waals surface area contributed by atoms with Crippen LogP contribution < -0.4 is 0 Å². The summed E-state index contributed by atoms with van der Waals surface area (Å²) in [6, 6.07) is 9.30. The molecule has 0 radical (unpaired) electrons. The van der Waals surface area contributed by atoms with Crippen LogP contribution in [0.25, 0.3) is 0 Å². The van der Waals surface area contributed by atoms with Crippen LogP contribution in [-0.2, 0) is 28.6 Å². The number of ketones is 2. The number of hydrogen-bond acceptors (Lipinski definition) is 3. The molecule has 0 N–H and O–H groups in total. The lowest BCUT2D eigenvalue weighted by molar-refractivity contribution is -0.138. The summed E-state index contributed by atoms with van der Waals surface area (Å²) in [6.07, 6.45) is -2.05. The van der Waals surface area contributed by atoms with Gasteiger partial charge in [0.15, 0.2) is 0 Å². The number of aryl methyl sites for hydroxylation is 3. The molecule has 2 aromatic rings. The highest BCUT2D eigenvalue weighted by Gasteiger charge is 2.40. The van der Waals surface area contributed by atoms with Crippen LogP contribution in [0.4, 0.5) is 13.2 Å². The van der Waals surface area contributed by atoms with Crippen molar-refractivity contribution in [2.45, 2.75) is 70.4 Å². The van der Waals surface area contributed by atoms with Gasteiger partial charge >= 0.3 is 6.18 Å². The highest BCUT2D eigenvalue weighted by molar-refractivity contribution is 7.99. The Labute approximate surface area is 198 Å². The molecule has 1 aliphatic carbocycles. The number of thioether (sulfide) groups is 1. The van der Waals surface area contributed by atoms with Crippen LogP contribution >= 0.6 is 11.8 Å². The second-order valence-electron chi connectivity index (χ2n) is 9.05. The minimum Gasteiger partial charge on any atom is -0.299 e. The minimum atomic E-state index is -4.34. The third kappa shape index (κ3) is 5.89. The molecule has 1 aliphatic rings. The van der Waals surface area contributed by atoms with Crippen LogP contribution in [0.3, 0.4) is 0 Å². The van der Waals surface area contributed by atoms with Crippen LogP contribution in [0.2, 0.25) is 0 Å². The van der Waals surface area contributed by atoms with E-state index in [4.69, 9.17) is 0 Å². The van der Waals surface area contributed by atoms with Gasteiger partial charge in [-0.2, -0.15) is 13.2 Å². The Hall–Kier alpha value is -2.08. The van der Waals surface area contributed by atoms with Gasteiger partial charge in [0.25, 0.3) is 0 Å². The molecule has 0 saturated heterocycles. The summed E-state index contributed by atoms with van der Waals surface area (Å²) in [5.41, 5.74) is 3.58. The summed E-state index contributed by atoms with van der Waals surface area (Å²) >= 11 is 1.46. The largest absolute Gasteiger partial charge is 0.416 e. The molecule has 1 fully saturated rings. The highest BCUT2D eigenvalue weighted by atomic mass is 32.2. The first-order valence-electron chi connectivity index (χ1n) is 11.5. The van der Waals surface area contributed by atoms with Crippen LogP contribution in [0.15, 0.2) is 41.3 Å². The van der Waals surface area contributed by atoms with E-state index in [1.807, 2.05) is 13.8 Å². The fourth-order valence-electron chi connectivity index (χ4n) is 4.74. The Bertz CT molecular complexity index is 968. The van der Waals surface area contributed by atoms with Crippen molar-refractivity contribution in [1.29, 1.82) is 0 Å². The number of halogens is 3. The quantitative estimate of drug-likeness (QED) is 0.313. The van der Waals surface area contributed by atoms with Crippen molar-refractivity contribution in [1.82, 2.24) is 0 Å². The predicted molar refractivity (Wildman–Crippen MR) is 127 cm³/mol. The van der Waals surface area contributed by atoms with E-state index in [0.29, 0.717) is 18.6 Å². The zero-order valence-corrected chi connectivity index (χ0v) is 20.4. The molecule has 6 heteroatoms. The van der Waals surface area contributed by atoms with Gasteiger partial charge in [-0.15, -0.1) is 11.8 Å². The molecule has 0 aliphatic heterocycles. The van der Waals surface area contributed by atoms with Gasteiger partial charge in [0, 0.05) is 23.5 Å². The van der Waals surface area contributed by atoms with Crippen molar-refractivity contribution in [2.75, 3.05) is 5.75 Å². The van der Waals surface area contributed by atoms with Gasteiger partial charge in [0.2, 0.25) is 0 Å². The van der Waals surface area contributed by atoms with Gasteiger partial charge < -0.3 is 0 Å². The molecule has 0 bridgehead atoms. The lowest BCUT2D eigenvalue weighted by atomic mass is 9.70. The zero-order valence-electron chi connectivity index (χ0n) is 19.6. The number of carbonyl (C=O) groups is 2. The predicted octanol–water partition coefficient (Wildman–Crippen LogP) is 7.20.